The van der Waals surface area contributed by atoms with E-state index in [0.717, 1.165) is 42.8 Å². The predicted molar refractivity (Wildman–Crippen MR) is 202 cm³/mol. The first kappa shape index (κ1) is 38.0. The lowest BCUT2D eigenvalue weighted by atomic mass is 9.85. The second-order valence-electron chi connectivity index (χ2n) is 13.7. The van der Waals surface area contributed by atoms with Crippen LogP contribution < -0.4 is 10.6 Å². The molecule has 2 aromatic heterocycles. The number of rotatable bonds is 19. The monoisotopic (exact) mass is 700 g/mol. The van der Waals surface area contributed by atoms with Crippen molar-refractivity contribution in [1.29, 1.82) is 0 Å². The van der Waals surface area contributed by atoms with Crippen LogP contribution in [0.3, 0.4) is 0 Å². The van der Waals surface area contributed by atoms with Crippen molar-refractivity contribution in [2.45, 2.75) is 97.2 Å². The summed E-state index contributed by atoms with van der Waals surface area (Å²) in [6.07, 6.45) is 4.51. The molecule has 2 heterocycles. The SMILES string of the molecule is CC(C)c1nc(CN(C)C(=O)N[C@H](C(=O)C[C@H](CC[C@H](Cc2ccccc2)NC(=O)CCc2cccs2)Cc2ccccc2)C(C)C)cs1. The van der Waals surface area contributed by atoms with Crippen molar-refractivity contribution in [3.63, 3.8) is 0 Å². The Morgan fingerprint density at radius 3 is 2.08 bits per heavy atom. The molecule has 7 nitrogen and oxygen atoms in total. The number of carbonyl (C=O) groups is 3. The average Bonchev–Trinajstić information content (AvgIpc) is 3.78. The first-order valence-electron chi connectivity index (χ1n) is 17.5. The molecule has 0 spiro atoms. The van der Waals surface area contributed by atoms with Gasteiger partial charge in [0.25, 0.3) is 0 Å². The van der Waals surface area contributed by atoms with Crippen LogP contribution in [0.5, 0.6) is 0 Å². The lowest BCUT2D eigenvalue weighted by molar-refractivity contribution is -0.123. The smallest absolute Gasteiger partial charge is 0.318 e. The van der Waals surface area contributed by atoms with Gasteiger partial charge in [-0.15, -0.1) is 22.7 Å². The summed E-state index contributed by atoms with van der Waals surface area (Å²) in [5, 5.41) is 11.4. The number of amides is 3. The highest BCUT2D eigenvalue weighted by atomic mass is 32.1. The van der Waals surface area contributed by atoms with Crippen LogP contribution in [0, 0.1) is 11.8 Å². The molecule has 2 N–H and O–H groups in total. The fraction of sp³-hybridized carbons (Fsp3) is 0.450. The second kappa shape index (κ2) is 19.4. The zero-order chi connectivity index (χ0) is 35.2. The second-order valence-corrected chi connectivity index (χ2v) is 15.6. The number of hydrogen-bond donors (Lipinski definition) is 2. The molecule has 0 aliphatic rings. The van der Waals surface area contributed by atoms with Crippen molar-refractivity contribution >= 4 is 40.4 Å². The highest BCUT2D eigenvalue weighted by Gasteiger charge is 2.28. The maximum absolute atomic E-state index is 14.0. The zero-order valence-corrected chi connectivity index (χ0v) is 31.2. The molecule has 2 aromatic carbocycles. The molecule has 262 valence electrons. The molecule has 0 bridgehead atoms. The quantitative estimate of drug-likeness (QED) is 0.103. The predicted octanol–water partition coefficient (Wildman–Crippen LogP) is 8.45. The summed E-state index contributed by atoms with van der Waals surface area (Å²) in [6, 6.07) is 23.7. The Hall–Kier alpha value is -3.82. The minimum Gasteiger partial charge on any atom is -0.353 e. The maximum Gasteiger partial charge on any atom is 0.318 e. The Kier molecular flexibility index (Phi) is 15.0. The molecule has 3 amide bonds. The standard InChI is InChI=1S/C40H52N4O3S2/c1-28(2)38(43-40(47)44(5)26-34-27-49-39(42-34)29(3)4)36(45)25-32(23-30-13-8-6-9-14-30)18-19-33(24-31-15-10-7-11-16-31)41-37(46)21-20-35-17-12-22-48-35/h6-17,22,27-29,32-33,38H,18-21,23-26H2,1-5H3,(H,41,46)(H,43,47)/t32-,33-,38+/m1/s1. The Morgan fingerprint density at radius 2 is 1.49 bits per heavy atom. The molecule has 0 aliphatic carbocycles. The number of aromatic nitrogens is 1. The van der Waals surface area contributed by atoms with Crippen molar-refractivity contribution in [3.05, 3.63) is 110 Å². The Morgan fingerprint density at radius 1 is 0.816 bits per heavy atom. The number of carbonyl (C=O) groups excluding carboxylic acids is 3. The maximum atomic E-state index is 14.0. The number of nitrogens with zero attached hydrogens (tertiary/aromatic N) is 2. The van der Waals surface area contributed by atoms with Gasteiger partial charge < -0.3 is 15.5 Å². The molecule has 0 radical (unpaired) electrons. The van der Waals surface area contributed by atoms with Gasteiger partial charge in [0, 0.05) is 42.1 Å². The number of nitrogens with one attached hydrogen (secondary N) is 2. The first-order valence-corrected chi connectivity index (χ1v) is 19.2. The summed E-state index contributed by atoms with van der Waals surface area (Å²) >= 11 is 3.28. The van der Waals surface area contributed by atoms with E-state index in [4.69, 9.17) is 0 Å². The highest BCUT2D eigenvalue weighted by Crippen LogP contribution is 2.24. The largest absolute Gasteiger partial charge is 0.353 e. The third-order valence-electron chi connectivity index (χ3n) is 8.75. The van der Waals surface area contributed by atoms with E-state index in [1.807, 2.05) is 67.1 Å². The Balaban J connectivity index is 1.43. The average molecular weight is 701 g/mol. The number of thiazole rings is 1. The summed E-state index contributed by atoms with van der Waals surface area (Å²) < 4.78 is 0. The minimum atomic E-state index is -0.605. The Bertz CT molecular complexity index is 1570. The summed E-state index contributed by atoms with van der Waals surface area (Å²) in [5.74, 6) is 0.410. The lowest BCUT2D eigenvalue weighted by Gasteiger charge is -2.27. The van der Waals surface area contributed by atoms with Crippen LogP contribution >= 0.6 is 22.7 Å². The van der Waals surface area contributed by atoms with Gasteiger partial charge >= 0.3 is 6.03 Å². The molecule has 0 aliphatic heterocycles. The molecule has 4 rings (SSSR count). The molecule has 0 fully saturated rings. The number of hydrogen-bond acceptors (Lipinski definition) is 6. The number of aryl methyl sites for hydroxylation is 1. The topological polar surface area (TPSA) is 91.4 Å². The van der Waals surface area contributed by atoms with Crippen LogP contribution in [-0.4, -0.2) is 46.7 Å². The molecule has 49 heavy (non-hydrogen) atoms. The molecule has 9 heteroatoms. The summed E-state index contributed by atoms with van der Waals surface area (Å²) in [4.78, 5) is 47.9. The number of ketones is 1. The van der Waals surface area contributed by atoms with Crippen LogP contribution in [0.25, 0.3) is 0 Å². The highest BCUT2D eigenvalue weighted by molar-refractivity contribution is 7.10. The van der Waals surface area contributed by atoms with Crippen molar-refractivity contribution in [1.82, 2.24) is 20.5 Å². The van der Waals surface area contributed by atoms with E-state index in [1.165, 1.54) is 16.0 Å². The van der Waals surface area contributed by atoms with E-state index in [0.29, 0.717) is 25.3 Å². The van der Waals surface area contributed by atoms with Crippen molar-refractivity contribution in [2.75, 3.05) is 7.05 Å². The number of benzene rings is 2. The van der Waals surface area contributed by atoms with E-state index < -0.39 is 6.04 Å². The molecule has 0 saturated heterocycles. The lowest BCUT2D eigenvalue weighted by Crippen LogP contribution is -2.49. The molecule has 3 atom stereocenters. The summed E-state index contributed by atoms with van der Waals surface area (Å²) in [5.41, 5.74) is 3.20. The Labute approximate surface area is 300 Å². The van der Waals surface area contributed by atoms with Gasteiger partial charge in [-0.05, 0) is 66.5 Å². The van der Waals surface area contributed by atoms with E-state index in [-0.39, 0.29) is 35.6 Å². The van der Waals surface area contributed by atoms with Gasteiger partial charge in [0.05, 0.1) is 23.3 Å². The molecule has 0 saturated carbocycles. The van der Waals surface area contributed by atoms with Crippen molar-refractivity contribution in [3.8, 4) is 0 Å². The van der Waals surface area contributed by atoms with E-state index in [9.17, 15) is 14.4 Å². The molecular weight excluding hydrogens is 649 g/mol. The van der Waals surface area contributed by atoms with Crippen molar-refractivity contribution < 1.29 is 14.4 Å². The fourth-order valence-corrected chi connectivity index (χ4v) is 7.56. The zero-order valence-electron chi connectivity index (χ0n) is 29.6. The van der Waals surface area contributed by atoms with Gasteiger partial charge in [-0.3, -0.25) is 9.59 Å². The summed E-state index contributed by atoms with van der Waals surface area (Å²) in [7, 11) is 1.74. The van der Waals surface area contributed by atoms with Crippen LogP contribution in [0.2, 0.25) is 0 Å². The van der Waals surface area contributed by atoms with Crippen LogP contribution in [0.15, 0.2) is 83.6 Å². The molecule has 0 unspecified atom stereocenters. The number of thiophene rings is 1. The first-order chi connectivity index (χ1) is 23.6. The molecule has 4 aromatic rings. The van der Waals surface area contributed by atoms with Gasteiger partial charge in [-0.25, -0.2) is 9.78 Å². The van der Waals surface area contributed by atoms with Crippen molar-refractivity contribution in [2.24, 2.45) is 11.8 Å². The normalized spacial score (nSPS) is 13.2. The third kappa shape index (κ3) is 12.9. The molecular formula is C40H52N4O3S2. The number of Topliss-reactive ketones (excluding diaryl/α,β-unsaturated/α-hetero) is 1. The van der Waals surface area contributed by atoms with Crippen LogP contribution in [0.1, 0.15) is 86.0 Å². The third-order valence-corrected chi connectivity index (χ3v) is 10.9. The van der Waals surface area contributed by atoms with Gasteiger partial charge in [0.2, 0.25) is 5.91 Å². The van der Waals surface area contributed by atoms with E-state index in [1.54, 1.807) is 34.6 Å². The van der Waals surface area contributed by atoms with Crippen LogP contribution in [0.4, 0.5) is 4.79 Å². The van der Waals surface area contributed by atoms with Gasteiger partial charge in [0.1, 0.15) is 0 Å². The van der Waals surface area contributed by atoms with Crippen LogP contribution in [-0.2, 0) is 35.4 Å². The fourth-order valence-electron chi connectivity index (χ4n) is 6.02. The summed E-state index contributed by atoms with van der Waals surface area (Å²) in [6.45, 7) is 8.55. The van der Waals surface area contributed by atoms with Gasteiger partial charge in [-0.1, -0.05) is 94.4 Å². The van der Waals surface area contributed by atoms with Gasteiger partial charge in [-0.2, -0.15) is 0 Å². The van der Waals surface area contributed by atoms with E-state index >= 15 is 0 Å². The minimum absolute atomic E-state index is 0.0352. The van der Waals surface area contributed by atoms with E-state index in [2.05, 4.69) is 59.8 Å². The number of urea groups is 1. The van der Waals surface area contributed by atoms with Gasteiger partial charge in [0.15, 0.2) is 5.78 Å².